The minimum Gasteiger partial charge on any atom is -0.396 e. The zero-order valence-electron chi connectivity index (χ0n) is 10.2. The summed E-state index contributed by atoms with van der Waals surface area (Å²) in [5, 5.41) is 12.7. The largest absolute Gasteiger partial charge is 0.396 e. The Labute approximate surface area is 105 Å². The van der Waals surface area contributed by atoms with Crippen molar-refractivity contribution in [1.29, 1.82) is 0 Å². The molecule has 0 unspecified atom stereocenters. The van der Waals surface area contributed by atoms with Gasteiger partial charge in [-0.15, -0.1) is 12.4 Å². The highest BCUT2D eigenvalue weighted by Crippen LogP contribution is 2.45. The molecular weight excluding hydrogens is 224 g/mol. The van der Waals surface area contributed by atoms with Crippen LogP contribution in [0.5, 0.6) is 0 Å². The number of nitrogens with one attached hydrogen (secondary N) is 1. The van der Waals surface area contributed by atoms with E-state index in [9.17, 15) is 5.11 Å². The minimum atomic E-state index is 0. The van der Waals surface area contributed by atoms with E-state index in [0.717, 1.165) is 12.5 Å². The lowest BCUT2D eigenvalue weighted by atomic mass is 9.97. The number of piperidine rings is 1. The van der Waals surface area contributed by atoms with Crippen LogP contribution in [-0.2, 0) is 0 Å². The van der Waals surface area contributed by atoms with E-state index in [4.69, 9.17) is 0 Å². The maximum absolute atomic E-state index is 9.27. The standard InChI is InChI=1S/C12H24N2O.ClH/c1-14(9-12(10-15)4-5-12)8-11-2-6-13-7-3-11;/h11,13,15H,2-10H2,1H3;1H. The van der Waals surface area contributed by atoms with Gasteiger partial charge in [0.25, 0.3) is 0 Å². The van der Waals surface area contributed by atoms with E-state index < -0.39 is 0 Å². The van der Waals surface area contributed by atoms with Gasteiger partial charge < -0.3 is 15.3 Å². The van der Waals surface area contributed by atoms with Crippen LogP contribution in [0.4, 0.5) is 0 Å². The molecule has 0 atom stereocenters. The Morgan fingerprint density at radius 2 is 1.94 bits per heavy atom. The first-order valence-corrected chi connectivity index (χ1v) is 6.24. The molecule has 0 radical (unpaired) electrons. The van der Waals surface area contributed by atoms with Gasteiger partial charge in [0.1, 0.15) is 0 Å². The van der Waals surface area contributed by atoms with Crippen LogP contribution in [0.2, 0.25) is 0 Å². The summed E-state index contributed by atoms with van der Waals surface area (Å²) in [6.45, 7) is 5.05. The Morgan fingerprint density at radius 1 is 1.31 bits per heavy atom. The summed E-state index contributed by atoms with van der Waals surface area (Å²) in [6.07, 6.45) is 5.08. The van der Waals surface area contributed by atoms with Crippen LogP contribution in [0.25, 0.3) is 0 Å². The van der Waals surface area contributed by atoms with Crippen molar-refractivity contribution in [2.24, 2.45) is 11.3 Å². The van der Waals surface area contributed by atoms with Crippen LogP contribution < -0.4 is 5.32 Å². The van der Waals surface area contributed by atoms with Gasteiger partial charge in [-0.05, 0) is 51.7 Å². The number of rotatable bonds is 5. The summed E-state index contributed by atoms with van der Waals surface area (Å²) in [4.78, 5) is 2.43. The molecule has 0 aromatic rings. The topological polar surface area (TPSA) is 35.5 Å². The number of halogens is 1. The van der Waals surface area contributed by atoms with Crippen molar-refractivity contribution in [3.05, 3.63) is 0 Å². The first kappa shape index (κ1) is 14.2. The summed E-state index contributed by atoms with van der Waals surface area (Å²) in [5.74, 6) is 0.866. The average Bonchev–Trinajstić information content (AvgIpc) is 3.00. The van der Waals surface area contributed by atoms with Crippen molar-refractivity contribution in [3.8, 4) is 0 Å². The summed E-state index contributed by atoms with van der Waals surface area (Å²) in [6, 6.07) is 0. The molecule has 1 aliphatic carbocycles. The van der Waals surface area contributed by atoms with E-state index in [1.54, 1.807) is 0 Å². The van der Waals surface area contributed by atoms with Gasteiger partial charge in [0.05, 0.1) is 0 Å². The highest BCUT2D eigenvalue weighted by molar-refractivity contribution is 5.85. The molecule has 4 heteroatoms. The van der Waals surface area contributed by atoms with E-state index >= 15 is 0 Å². The quantitative estimate of drug-likeness (QED) is 0.765. The Morgan fingerprint density at radius 3 is 2.44 bits per heavy atom. The SMILES string of the molecule is CN(CC1CCNCC1)CC1(CO)CC1.Cl. The second-order valence-corrected chi connectivity index (χ2v) is 5.55. The van der Waals surface area contributed by atoms with Gasteiger partial charge in [-0.3, -0.25) is 0 Å². The summed E-state index contributed by atoms with van der Waals surface area (Å²) < 4.78 is 0. The van der Waals surface area contributed by atoms with Gasteiger partial charge in [-0.25, -0.2) is 0 Å². The number of aliphatic hydroxyl groups is 1. The number of aliphatic hydroxyl groups excluding tert-OH is 1. The zero-order valence-corrected chi connectivity index (χ0v) is 11.1. The first-order chi connectivity index (χ1) is 7.24. The molecule has 1 heterocycles. The van der Waals surface area contributed by atoms with E-state index in [2.05, 4.69) is 17.3 Å². The van der Waals surface area contributed by atoms with E-state index in [0.29, 0.717) is 6.61 Å². The third kappa shape index (κ3) is 3.88. The molecule has 0 bridgehead atoms. The molecule has 0 spiro atoms. The van der Waals surface area contributed by atoms with Crippen molar-refractivity contribution in [1.82, 2.24) is 10.2 Å². The Hall–Kier alpha value is 0.170. The van der Waals surface area contributed by atoms with Crippen molar-refractivity contribution < 1.29 is 5.11 Å². The van der Waals surface area contributed by atoms with Crippen LogP contribution in [0, 0.1) is 11.3 Å². The highest BCUT2D eigenvalue weighted by Gasteiger charge is 2.42. The van der Waals surface area contributed by atoms with Crippen LogP contribution in [0.1, 0.15) is 25.7 Å². The normalized spacial score (nSPS) is 24.2. The second kappa shape index (κ2) is 6.20. The summed E-state index contributed by atoms with van der Waals surface area (Å²) in [7, 11) is 2.21. The summed E-state index contributed by atoms with van der Waals surface area (Å²) >= 11 is 0. The number of nitrogens with zero attached hydrogens (tertiary/aromatic N) is 1. The van der Waals surface area contributed by atoms with Gasteiger partial charge >= 0.3 is 0 Å². The Kier molecular flexibility index (Phi) is 5.51. The molecule has 1 aliphatic heterocycles. The molecule has 3 nitrogen and oxygen atoms in total. The number of hydrogen-bond acceptors (Lipinski definition) is 3. The predicted octanol–water partition coefficient (Wildman–Crippen LogP) is 1.11. The zero-order chi connectivity index (χ0) is 10.7. The molecule has 2 fully saturated rings. The molecule has 2 N–H and O–H groups in total. The fourth-order valence-electron chi connectivity index (χ4n) is 2.69. The van der Waals surface area contributed by atoms with Crippen LogP contribution in [0.15, 0.2) is 0 Å². The third-order valence-corrected chi connectivity index (χ3v) is 3.93. The lowest BCUT2D eigenvalue weighted by Gasteiger charge is -2.29. The Balaban J connectivity index is 0.00000128. The molecule has 2 aliphatic rings. The van der Waals surface area contributed by atoms with Gasteiger partial charge in [0.15, 0.2) is 0 Å². The fourth-order valence-corrected chi connectivity index (χ4v) is 2.69. The van der Waals surface area contributed by atoms with Crippen molar-refractivity contribution in [2.75, 3.05) is 39.8 Å². The smallest absolute Gasteiger partial charge is 0.0499 e. The van der Waals surface area contributed by atoms with Crippen LogP contribution >= 0.6 is 12.4 Å². The van der Waals surface area contributed by atoms with Gasteiger partial charge in [0, 0.05) is 25.1 Å². The van der Waals surface area contributed by atoms with Crippen LogP contribution in [0.3, 0.4) is 0 Å². The highest BCUT2D eigenvalue weighted by atomic mass is 35.5. The molecular formula is C12H25ClN2O. The Bertz CT molecular complexity index is 203. The molecule has 2 rings (SSSR count). The number of hydrogen-bond donors (Lipinski definition) is 2. The maximum atomic E-state index is 9.27. The molecule has 0 aromatic carbocycles. The van der Waals surface area contributed by atoms with E-state index in [1.165, 1.54) is 45.3 Å². The molecule has 1 saturated carbocycles. The van der Waals surface area contributed by atoms with E-state index in [-0.39, 0.29) is 17.8 Å². The van der Waals surface area contributed by atoms with Gasteiger partial charge in [0.2, 0.25) is 0 Å². The molecule has 1 saturated heterocycles. The molecule has 0 amide bonds. The maximum Gasteiger partial charge on any atom is 0.0499 e. The average molecular weight is 249 g/mol. The lowest BCUT2D eigenvalue weighted by Crippen LogP contribution is -2.37. The monoisotopic (exact) mass is 248 g/mol. The van der Waals surface area contributed by atoms with Gasteiger partial charge in [-0.1, -0.05) is 0 Å². The molecule has 16 heavy (non-hydrogen) atoms. The lowest BCUT2D eigenvalue weighted by molar-refractivity contribution is 0.147. The second-order valence-electron chi connectivity index (χ2n) is 5.55. The minimum absolute atomic E-state index is 0. The fraction of sp³-hybridized carbons (Fsp3) is 1.00. The van der Waals surface area contributed by atoms with Crippen molar-refractivity contribution in [3.63, 3.8) is 0 Å². The molecule has 0 aromatic heterocycles. The van der Waals surface area contributed by atoms with Crippen molar-refractivity contribution >= 4 is 12.4 Å². The predicted molar refractivity (Wildman–Crippen MR) is 69.1 cm³/mol. The summed E-state index contributed by atoms with van der Waals surface area (Å²) in [5.41, 5.74) is 0.279. The van der Waals surface area contributed by atoms with Crippen LogP contribution in [-0.4, -0.2) is 49.8 Å². The van der Waals surface area contributed by atoms with Crippen molar-refractivity contribution in [2.45, 2.75) is 25.7 Å². The van der Waals surface area contributed by atoms with Gasteiger partial charge in [-0.2, -0.15) is 0 Å². The van der Waals surface area contributed by atoms with E-state index in [1.807, 2.05) is 0 Å². The first-order valence-electron chi connectivity index (χ1n) is 6.24. The molecule has 96 valence electrons. The third-order valence-electron chi connectivity index (χ3n) is 3.93.